The van der Waals surface area contributed by atoms with E-state index in [1.54, 1.807) is 0 Å². The van der Waals surface area contributed by atoms with Crippen LogP contribution in [0.15, 0.2) is 24.3 Å². The minimum absolute atomic E-state index is 0.377. The lowest BCUT2D eigenvalue weighted by molar-refractivity contribution is -0.137. The molecule has 0 aliphatic carbocycles. The van der Waals surface area contributed by atoms with Gasteiger partial charge in [-0.15, -0.1) is 0 Å². The van der Waals surface area contributed by atoms with Crippen molar-refractivity contribution in [1.29, 1.82) is 0 Å². The van der Waals surface area contributed by atoms with Crippen molar-refractivity contribution >= 4 is 0 Å². The largest absolute Gasteiger partial charge is 0.416 e. The van der Waals surface area contributed by atoms with Crippen LogP contribution < -0.4 is 0 Å². The van der Waals surface area contributed by atoms with Gasteiger partial charge >= 0.3 is 6.18 Å². The molecule has 1 aromatic carbocycles. The summed E-state index contributed by atoms with van der Waals surface area (Å²) in [6, 6.07) is 5.69. The van der Waals surface area contributed by atoms with Crippen LogP contribution >= 0.6 is 0 Å². The highest BCUT2D eigenvalue weighted by atomic mass is 19.4. The van der Waals surface area contributed by atoms with E-state index in [0.29, 0.717) is 12.6 Å². The predicted molar refractivity (Wildman–Crippen MR) is 58.0 cm³/mol. The van der Waals surface area contributed by atoms with Gasteiger partial charge in [-0.2, -0.15) is 13.2 Å². The van der Waals surface area contributed by atoms with Gasteiger partial charge in [-0.25, -0.2) is 0 Å². The zero-order valence-corrected chi connectivity index (χ0v) is 9.67. The molecule has 0 bridgehead atoms. The van der Waals surface area contributed by atoms with Gasteiger partial charge in [0.15, 0.2) is 0 Å². The fourth-order valence-electron chi connectivity index (χ4n) is 1.27. The van der Waals surface area contributed by atoms with E-state index < -0.39 is 11.7 Å². The van der Waals surface area contributed by atoms with Crippen LogP contribution in [0.4, 0.5) is 13.2 Å². The van der Waals surface area contributed by atoms with Crippen molar-refractivity contribution < 1.29 is 13.2 Å². The molecular formula is C12H16F3N. The highest BCUT2D eigenvalue weighted by Gasteiger charge is 2.29. The maximum absolute atomic E-state index is 12.3. The molecule has 1 nitrogen and oxygen atoms in total. The molecule has 0 atom stereocenters. The lowest BCUT2D eigenvalue weighted by atomic mass is 10.1. The van der Waals surface area contributed by atoms with Crippen LogP contribution in [0.25, 0.3) is 0 Å². The second kappa shape index (κ2) is 4.87. The fourth-order valence-corrected chi connectivity index (χ4v) is 1.27. The van der Waals surface area contributed by atoms with E-state index in [4.69, 9.17) is 0 Å². The van der Waals surface area contributed by atoms with Gasteiger partial charge in [0.2, 0.25) is 0 Å². The van der Waals surface area contributed by atoms with Crippen LogP contribution in [0.1, 0.15) is 25.0 Å². The van der Waals surface area contributed by atoms with Gasteiger partial charge in [0.25, 0.3) is 0 Å². The van der Waals surface area contributed by atoms with Gasteiger partial charge in [-0.1, -0.05) is 12.1 Å². The topological polar surface area (TPSA) is 3.24 Å². The summed E-state index contributed by atoms with van der Waals surface area (Å²) < 4.78 is 36.9. The molecule has 0 heterocycles. The van der Waals surface area contributed by atoms with Gasteiger partial charge < -0.3 is 0 Å². The van der Waals surface area contributed by atoms with Crippen LogP contribution in [0.5, 0.6) is 0 Å². The molecule has 0 saturated carbocycles. The number of nitrogens with zero attached hydrogens (tertiary/aromatic N) is 1. The van der Waals surface area contributed by atoms with Crippen molar-refractivity contribution in [2.75, 3.05) is 7.05 Å². The fraction of sp³-hybridized carbons (Fsp3) is 0.500. The molecule has 0 aliphatic rings. The third-order valence-corrected chi connectivity index (χ3v) is 2.59. The predicted octanol–water partition coefficient (Wildman–Crippen LogP) is 3.55. The Labute approximate surface area is 93.9 Å². The molecule has 90 valence electrons. The normalized spacial score (nSPS) is 12.5. The first-order valence-corrected chi connectivity index (χ1v) is 5.17. The minimum atomic E-state index is -4.25. The summed E-state index contributed by atoms with van der Waals surface area (Å²) in [6.45, 7) is 4.75. The molecule has 16 heavy (non-hydrogen) atoms. The van der Waals surface area contributed by atoms with Gasteiger partial charge in [0.1, 0.15) is 0 Å². The summed E-state index contributed by atoms with van der Waals surface area (Å²) in [5.74, 6) is 0. The number of benzene rings is 1. The molecule has 1 aromatic rings. The number of halogens is 3. The van der Waals surface area contributed by atoms with Crippen LogP contribution in [-0.2, 0) is 12.7 Å². The second-order valence-electron chi connectivity index (χ2n) is 4.20. The maximum atomic E-state index is 12.3. The Morgan fingerprint density at radius 3 is 2.00 bits per heavy atom. The lowest BCUT2D eigenvalue weighted by Gasteiger charge is -2.21. The third kappa shape index (κ3) is 3.52. The third-order valence-electron chi connectivity index (χ3n) is 2.59. The molecule has 0 amide bonds. The molecule has 0 spiro atoms. The standard InChI is InChI=1S/C12H16F3N/c1-9(2)16(3)8-10-4-6-11(7-5-10)12(13,14)15/h4-7,9H,8H2,1-3H3. The van der Waals surface area contributed by atoms with E-state index in [1.165, 1.54) is 12.1 Å². The highest BCUT2D eigenvalue weighted by molar-refractivity contribution is 5.24. The van der Waals surface area contributed by atoms with Crippen molar-refractivity contribution in [3.63, 3.8) is 0 Å². The summed E-state index contributed by atoms with van der Waals surface area (Å²) >= 11 is 0. The van der Waals surface area contributed by atoms with E-state index in [-0.39, 0.29) is 0 Å². The first-order valence-electron chi connectivity index (χ1n) is 5.17. The minimum Gasteiger partial charge on any atom is -0.300 e. The molecule has 0 saturated heterocycles. The molecule has 0 N–H and O–H groups in total. The zero-order chi connectivity index (χ0) is 12.3. The molecule has 0 aromatic heterocycles. The maximum Gasteiger partial charge on any atom is 0.416 e. The van der Waals surface area contributed by atoms with Crippen LogP contribution in [0, 0.1) is 0 Å². The molecular weight excluding hydrogens is 215 g/mol. The quantitative estimate of drug-likeness (QED) is 0.769. The van der Waals surface area contributed by atoms with E-state index in [9.17, 15) is 13.2 Å². The highest BCUT2D eigenvalue weighted by Crippen LogP contribution is 2.29. The van der Waals surface area contributed by atoms with Crippen LogP contribution in [0.2, 0.25) is 0 Å². The zero-order valence-electron chi connectivity index (χ0n) is 9.67. The van der Waals surface area contributed by atoms with Crippen molar-refractivity contribution in [3.05, 3.63) is 35.4 Å². The number of hydrogen-bond acceptors (Lipinski definition) is 1. The van der Waals surface area contributed by atoms with Crippen LogP contribution in [-0.4, -0.2) is 18.0 Å². The molecule has 0 radical (unpaired) electrons. The summed E-state index contributed by atoms with van der Waals surface area (Å²) in [4.78, 5) is 2.07. The SMILES string of the molecule is CC(C)N(C)Cc1ccc(C(F)(F)F)cc1. The molecule has 0 fully saturated rings. The van der Waals surface area contributed by atoms with Crippen LogP contribution in [0.3, 0.4) is 0 Å². The second-order valence-corrected chi connectivity index (χ2v) is 4.20. The van der Waals surface area contributed by atoms with Gasteiger partial charge in [-0.05, 0) is 38.6 Å². The average molecular weight is 231 g/mol. The Morgan fingerprint density at radius 1 is 1.12 bits per heavy atom. The number of hydrogen-bond donors (Lipinski definition) is 0. The smallest absolute Gasteiger partial charge is 0.300 e. The van der Waals surface area contributed by atoms with Crippen molar-refractivity contribution in [3.8, 4) is 0 Å². The Balaban J connectivity index is 2.72. The Kier molecular flexibility index (Phi) is 3.97. The summed E-state index contributed by atoms with van der Waals surface area (Å²) in [6.07, 6.45) is -4.25. The van der Waals surface area contributed by atoms with E-state index in [1.807, 2.05) is 20.9 Å². The first-order chi connectivity index (χ1) is 7.30. The first kappa shape index (κ1) is 13.0. The summed E-state index contributed by atoms with van der Waals surface area (Å²) in [5, 5.41) is 0. The summed E-state index contributed by atoms with van der Waals surface area (Å²) in [5.41, 5.74) is 0.299. The monoisotopic (exact) mass is 231 g/mol. The van der Waals surface area contributed by atoms with E-state index in [0.717, 1.165) is 17.7 Å². The van der Waals surface area contributed by atoms with Gasteiger partial charge in [-0.3, -0.25) is 4.90 Å². The van der Waals surface area contributed by atoms with Gasteiger partial charge in [0, 0.05) is 12.6 Å². The number of rotatable bonds is 3. The lowest BCUT2D eigenvalue weighted by Crippen LogP contribution is -2.25. The Hall–Kier alpha value is -1.03. The van der Waals surface area contributed by atoms with Gasteiger partial charge in [0.05, 0.1) is 5.56 Å². The average Bonchev–Trinajstić information content (AvgIpc) is 2.17. The van der Waals surface area contributed by atoms with Crippen molar-refractivity contribution in [1.82, 2.24) is 4.90 Å². The van der Waals surface area contributed by atoms with E-state index >= 15 is 0 Å². The molecule has 1 rings (SSSR count). The van der Waals surface area contributed by atoms with Crippen molar-refractivity contribution in [2.45, 2.75) is 32.6 Å². The molecule has 4 heteroatoms. The summed E-state index contributed by atoms with van der Waals surface area (Å²) in [7, 11) is 1.95. The van der Waals surface area contributed by atoms with Crippen molar-refractivity contribution in [2.24, 2.45) is 0 Å². The Morgan fingerprint density at radius 2 is 1.62 bits per heavy atom. The number of alkyl halides is 3. The molecule has 0 unspecified atom stereocenters. The molecule has 0 aliphatic heterocycles. The van der Waals surface area contributed by atoms with E-state index in [2.05, 4.69) is 4.90 Å². The Bertz CT molecular complexity index is 327.